The van der Waals surface area contributed by atoms with Crippen molar-refractivity contribution in [2.24, 2.45) is 0 Å². The molecule has 0 aliphatic carbocycles. The fraction of sp³-hybridized carbons (Fsp3) is 0.375. The Hall–Kier alpha value is -2.99. The average molecular weight is 411 g/mol. The number of hydrogen-bond donors (Lipinski definition) is 1. The lowest BCUT2D eigenvalue weighted by molar-refractivity contribution is 0.101. The van der Waals surface area contributed by atoms with Gasteiger partial charge in [0.05, 0.1) is 25.3 Å². The molecule has 1 heterocycles. The number of unbranched alkanes of at least 4 members (excludes halogenated alkanes) is 1. The zero-order valence-corrected chi connectivity index (χ0v) is 18.2. The molecule has 2 aromatic rings. The van der Waals surface area contributed by atoms with E-state index in [1.807, 2.05) is 13.1 Å². The molecule has 0 saturated carbocycles. The number of ketones is 1. The molecule has 0 saturated heterocycles. The third-order valence-electron chi connectivity index (χ3n) is 5.27. The van der Waals surface area contributed by atoms with Gasteiger partial charge in [-0.25, -0.2) is 0 Å². The minimum atomic E-state index is -0.196. The van der Waals surface area contributed by atoms with Crippen LogP contribution in [-0.4, -0.2) is 43.6 Å². The summed E-state index contributed by atoms with van der Waals surface area (Å²) in [6.45, 7) is 5.35. The van der Waals surface area contributed by atoms with E-state index in [0.717, 1.165) is 19.4 Å². The highest BCUT2D eigenvalue weighted by Gasteiger charge is 2.33. The van der Waals surface area contributed by atoms with Gasteiger partial charge in [0.2, 0.25) is 5.78 Å². The second kappa shape index (κ2) is 9.22. The van der Waals surface area contributed by atoms with Crippen molar-refractivity contribution in [1.29, 1.82) is 0 Å². The molecule has 30 heavy (non-hydrogen) atoms. The summed E-state index contributed by atoms with van der Waals surface area (Å²) in [7, 11) is 5.15. The minimum absolute atomic E-state index is 0.144. The standard InChI is InChI=1S/C24H29NO5/c1-6-7-10-25(3)14-18-19(26)11-15(2)22-23(27)21(30-24(18)22)12-16-8-9-17(28-4)13-20(16)29-5/h8-9,11-13,26H,6-7,10,14H2,1-5H3/b21-12-. The van der Waals surface area contributed by atoms with E-state index >= 15 is 0 Å². The Labute approximate surface area is 177 Å². The Morgan fingerprint density at radius 1 is 1.20 bits per heavy atom. The van der Waals surface area contributed by atoms with Crippen LogP contribution in [0.2, 0.25) is 0 Å². The minimum Gasteiger partial charge on any atom is -0.507 e. The molecular weight excluding hydrogens is 382 g/mol. The van der Waals surface area contributed by atoms with Crippen LogP contribution >= 0.6 is 0 Å². The van der Waals surface area contributed by atoms with Crippen molar-refractivity contribution in [3.63, 3.8) is 0 Å². The van der Waals surface area contributed by atoms with Gasteiger partial charge in [-0.2, -0.15) is 0 Å². The number of fused-ring (bicyclic) bond motifs is 1. The van der Waals surface area contributed by atoms with Crippen LogP contribution in [0.25, 0.3) is 6.08 Å². The normalized spacial score (nSPS) is 14.2. The Morgan fingerprint density at radius 2 is 1.97 bits per heavy atom. The SMILES string of the molecule is CCCCN(C)Cc1c(O)cc(C)c2c1O/C(=C\c1ccc(OC)cc1OC)C2=O. The molecule has 160 valence electrons. The Balaban J connectivity index is 1.99. The number of phenolic OH excluding ortho intramolecular Hbond substituents is 1. The molecule has 0 amide bonds. The van der Waals surface area contributed by atoms with Gasteiger partial charge in [-0.1, -0.05) is 13.3 Å². The van der Waals surface area contributed by atoms with Crippen molar-refractivity contribution >= 4 is 11.9 Å². The number of Topliss-reactive ketones (excluding diaryl/α,β-unsaturated/α-hetero) is 1. The van der Waals surface area contributed by atoms with Crippen LogP contribution in [0.5, 0.6) is 23.0 Å². The number of phenols is 1. The maximum atomic E-state index is 13.1. The number of allylic oxidation sites excluding steroid dienone is 1. The summed E-state index contributed by atoms with van der Waals surface area (Å²) in [6.07, 6.45) is 3.82. The number of hydrogen-bond acceptors (Lipinski definition) is 6. The number of rotatable bonds is 8. The van der Waals surface area contributed by atoms with E-state index < -0.39 is 0 Å². The summed E-state index contributed by atoms with van der Waals surface area (Å²) < 4.78 is 16.7. The second-order valence-corrected chi connectivity index (χ2v) is 7.53. The molecule has 1 aliphatic rings. The molecular formula is C24H29NO5. The summed E-state index contributed by atoms with van der Waals surface area (Å²) in [5.74, 6) is 1.84. The molecule has 6 heteroatoms. The summed E-state index contributed by atoms with van der Waals surface area (Å²) >= 11 is 0. The molecule has 0 fully saturated rings. The maximum absolute atomic E-state index is 13.1. The molecule has 2 aromatic carbocycles. The number of nitrogens with zero attached hydrogens (tertiary/aromatic N) is 1. The monoisotopic (exact) mass is 411 g/mol. The Kier molecular flexibility index (Phi) is 6.67. The highest BCUT2D eigenvalue weighted by Crippen LogP contribution is 2.42. The largest absolute Gasteiger partial charge is 0.507 e. The van der Waals surface area contributed by atoms with Crippen LogP contribution in [0.15, 0.2) is 30.0 Å². The van der Waals surface area contributed by atoms with Crippen molar-refractivity contribution in [2.75, 3.05) is 27.8 Å². The van der Waals surface area contributed by atoms with Gasteiger partial charge < -0.3 is 24.2 Å². The molecule has 0 unspecified atom stereocenters. The first-order valence-corrected chi connectivity index (χ1v) is 10.1. The van der Waals surface area contributed by atoms with Crippen LogP contribution in [0.4, 0.5) is 0 Å². The van der Waals surface area contributed by atoms with Crippen molar-refractivity contribution in [2.45, 2.75) is 33.2 Å². The maximum Gasteiger partial charge on any atom is 0.232 e. The van der Waals surface area contributed by atoms with E-state index in [-0.39, 0.29) is 17.3 Å². The Bertz CT molecular complexity index is 980. The van der Waals surface area contributed by atoms with Crippen LogP contribution < -0.4 is 14.2 Å². The number of aromatic hydroxyl groups is 1. The molecule has 0 radical (unpaired) electrons. The van der Waals surface area contributed by atoms with Gasteiger partial charge in [-0.3, -0.25) is 4.79 Å². The third-order valence-corrected chi connectivity index (χ3v) is 5.27. The Morgan fingerprint density at radius 3 is 2.63 bits per heavy atom. The van der Waals surface area contributed by atoms with E-state index in [9.17, 15) is 9.90 Å². The number of aryl methyl sites for hydroxylation is 1. The van der Waals surface area contributed by atoms with Crippen LogP contribution in [0, 0.1) is 6.92 Å². The number of benzene rings is 2. The number of carbonyl (C=O) groups excluding carboxylic acids is 1. The van der Waals surface area contributed by atoms with E-state index in [1.165, 1.54) is 0 Å². The molecule has 0 spiro atoms. The van der Waals surface area contributed by atoms with E-state index in [1.54, 1.807) is 45.4 Å². The molecule has 0 bridgehead atoms. The van der Waals surface area contributed by atoms with Crippen molar-refractivity contribution in [1.82, 2.24) is 4.90 Å². The lowest BCUT2D eigenvalue weighted by Crippen LogP contribution is -2.19. The molecule has 1 aliphatic heterocycles. The van der Waals surface area contributed by atoms with Crippen LogP contribution in [0.3, 0.4) is 0 Å². The fourth-order valence-corrected chi connectivity index (χ4v) is 3.59. The van der Waals surface area contributed by atoms with E-state index in [2.05, 4.69) is 11.8 Å². The summed E-state index contributed by atoms with van der Waals surface area (Å²) in [6, 6.07) is 7.00. The zero-order chi connectivity index (χ0) is 21.8. The van der Waals surface area contributed by atoms with Gasteiger partial charge in [0, 0.05) is 18.2 Å². The predicted molar refractivity (Wildman–Crippen MR) is 117 cm³/mol. The summed E-state index contributed by atoms with van der Waals surface area (Å²) in [5, 5.41) is 10.6. The quantitative estimate of drug-likeness (QED) is 0.642. The van der Waals surface area contributed by atoms with Crippen molar-refractivity contribution < 1.29 is 24.1 Å². The topological polar surface area (TPSA) is 68.2 Å². The van der Waals surface area contributed by atoms with E-state index in [4.69, 9.17) is 14.2 Å². The smallest absolute Gasteiger partial charge is 0.232 e. The first-order chi connectivity index (χ1) is 14.4. The summed E-state index contributed by atoms with van der Waals surface area (Å²) in [5.41, 5.74) is 2.54. The van der Waals surface area contributed by atoms with Crippen molar-refractivity contribution in [3.05, 3.63) is 52.3 Å². The molecule has 6 nitrogen and oxygen atoms in total. The van der Waals surface area contributed by atoms with Gasteiger partial charge in [-0.05, 0) is 56.8 Å². The van der Waals surface area contributed by atoms with Crippen LogP contribution in [0.1, 0.15) is 46.8 Å². The van der Waals surface area contributed by atoms with Gasteiger partial charge in [0.25, 0.3) is 0 Å². The first-order valence-electron chi connectivity index (χ1n) is 10.1. The van der Waals surface area contributed by atoms with Crippen LogP contribution in [-0.2, 0) is 6.54 Å². The fourth-order valence-electron chi connectivity index (χ4n) is 3.59. The molecule has 0 aromatic heterocycles. The van der Waals surface area contributed by atoms with Gasteiger partial charge in [0.15, 0.2) is 5.76 Å². The number of carbonyl (C=O) groups is 1. The third kappa shape index (κ3) is 4.28. The van der Waals surface area contributed by atoms with E-state index in [0.29, 0.717) is 46.0 Å². The predicted octanol–water partition coefficient (Wildman–Crippen LogP) is 4.57. The summed E-state index contributed by atoms with van der Waals surface area (Å²) in [4.78, 5) is 15.2. The first kappa shape index (κ1) is 21.7. The molecule has 3 rings (SSSR count). The number of methoxy groups -OCH3 is 2. The highest BCUT2D eigenvalue weighted by molar-refractivity contribution is 6.16. The lowest BCUT2D eigenvalue weighted by Gasteiger charge is -2.19. The highest BCUT2D eigenvalue weighted by atomic mass is 16.5. The molecule has 1 N–H and O–H groups in total. The van der Waals surface area contributed by atoms with Gasteiger partial charge >= 0.3 is 0 Å². The van der Waals surface area contributed by atoms with Crippen molar-refractivity contribution in [3.8, 4) is 23.0 Å². The second-order valence-electron chi connectivity index (χ2n) is 7.53. The van der Waals surface area contributed by atoms with Gasteiger partial charge in [-0.15, -0.1) is 0 Å². The van der Waals surface area contributed by atoms with Gasteiger partial charge in [0.1, 0.15) is 23.0 Å². The molecule has 0 atom stereocenters. The number of ether oxygens (including phenoxy) is 3. The lowest BCUT2D eigenvalue weighted by atomic mass is 9.99. The average Bonchev–Trinajstić information content (AvgIpc) is 3.06. The zero-order valence-electron chi connectivity index (χ0n) is 18.2.